The summed E-state index contributed by atoms with van der Waals surface area (Å²) in [6.45, 7) is 5.10. The molecule has 0 unspecified atom stereocenters. The van der Waals surface area contributed by atoms with Crippen LogP contribution in [0.1, 0.15) is 26.3 Å². The predicted molar refractivity (Wildman–Crippen MR) is 167 cm³/mol. The van der Waals surface area contributed by atoms with Gasteiger partial charge in [-0.3, -0.25) is 14.5 Å². The van der Waals surface area contributed by atoms with Crippen LogP contribution in [0.4, 0.5) is 11.4 Å². The van der Waals surface area contributed by atoms with E-state index in [1.165, 1.54) is 0 Å². The molecule has 4 aromatic carbocycles. The molecule has 2 amide bonds. The van der Waals surface area contributed by atoms with E-state index in [9.17, 15) is 13.8 Å². The van der Waals surface area contributed by atoms with E-state index < -0.39 is 10.8 Å². The number of benzene rings is 4. The molecule has 1 N–H and O–H groups in total. The topological polar surface area (TPSA) is 73.0 Å². The Labute approximate surface area is 253 Å². The van der Waals surface area contributed by atoms with Crippen molar-refractivity contribution >= 4 is 45.6 Å². The molecule has 7 nitrogen and oxygen atoms in total. The number of fused-ring (bicyclic) bond motifs is 2. The number of piperazine rings is 1. The zero-order valence-electron chi connectivity index (χ0n) is 23.0. The summed E-state index contributed by atoms with van der Waals surface area (Å²) in [7, 11) is -1.57. The third-order valence-electron chi connectivity index (χ3n) is 7.72. The molecule has 0 aromatic heterocycles. The lowest BCUT2D eigenvalue weighted by molar-refractivity contribution is 0.0944. The van der Waals surface area contributed by atoms with E-state index in [0.29, 0.717) is 39.7 Å². The van der Waals surface area contributed by atoms with Crippen LogP contribution in [0, 0.1) is 0 Å². The van der Waals surface area contributed by atoms with Gasteiger partial charge in [0.1, 0.15) is 0 Å². The molecule has 42 heavy (non-hydrogen) atoms. The molecular weight excluding hydrogens is 568 g/mol. The van der Waals surface area contributed by atoms with E-state index in [1.807, 2.05) is 48.5 Å². The standard InChI is InChI=1S/C33H31ClN4O3S/c34-26-9-6-10-27(22-26)37-19-17-36(18-20-37)16-15-35-32(39)25-13-14-31-29(21-25)38(23-24-7-2-1-3-8-24)33(40)28-11-4-5-12-30(28)42(31)41/h1-14,21-22H,15-20,23H2,(H,35,39)/t42-/m1/s1. The summed E-state index contributed by atoms with van der Waals surface area (Å²) in [6.07, 6.45) is 0. The Hall–Kier alpha value is -3.98. The van der Waals surface area contributed by atoms with Crippen LogP contribution < -0.4 is 15.1 Å². The van der Waals surface area contributed by atoms with Crippen molar-refractivity contribution < 1.29 is 13.8 Å². The normalized spacial score (nSPS) is 16.9. The highest BCUT2D eigenvalue weighted by atomic mass is 35.5. The average Bonchev–Trinajstić information content (AvgIpc) is 3.11. The van der Waals surface area contributed by atoms with E-state index in [-0.39, 0.29) is 11.8 Å². The molecule has 0 radical (unpaired) electrons. The Balaban J connectivity index is 1.15. The van der Waals surface area contributed by atoms with E-state index in [4.69, 9.17) is 11.6 Å². The summed E-state index contributed by atoms with van der Waals surface area (Å²) < 4.78 is 13.6. The number of nitrogens with one attached hydrogen (secondary N) is 1. The lowest BCUT2D eigenvalue weighted by atomic mass is 10.1. The number of amides is 2. The number of nitrogens with zero attached hydrogens (tertiary/aromatic N) is 3. The molecule has 1 fully saturated rings. The number of hydrogen-bond acceptors (Lipinski definition) is 5. The van der Waals surface area contributed by atoms with Gasteiger partial charge in [0.2, 0.25) is 0 Å². The highest BCUT2D eigenvalue weighted by molar-refractivity contribution is 7.85. The van der Waals surface area contributed by atoms with Crippen LogP contribution in [0.2, 0.25) is 5.02 Å². The Morgan fingerprint density at radius 1 is 0.833 bits per heavy atom. The van der Waals surface area contributed by atoms with Crippen LogP contribution in [-0.2, 0) is 17.3 Å². The largest absolute Gasteiger partial charge is 0.369 e. The molecule has 4 aromatic rings. The molecule has 2 heterocycles. The number of hydrogen-bond donors (Lipinski definition) is 1. The maximum absolute atomic E-state index is 13.8. The van der Waals surface area contributed by atoms with Crippen molar-refractivity contribution in [2.24, 2.45) is 0 Å². The van der Waals surface area contributed by atoms with Gasteiger partial charge in [0, 0.05) is 55.5 Å². The number of rotatable bonds is 7. The summed E-state index contributed by atoms with van der Waals surface area (Å²) in [5.74, 6) is -0.467. The zero-order chi connectivity index (χ0) is 29.1. The lowest BCUT2D eigenvalue weighted by Gasteiger charge is -2.36. The van der Waals surface area contributed by atoms with Gasteiger partial charge < -0.3 is 15.1 Å². The second-order valence-electron chi connectivity index (χ2n) is 10.4. The molecule has 214 valence electrons. The van der Waals surface area contributed by atoms with Crippen molar-refractivity contribution in [3.05, 3.63) is 119 Å². The van der Waals surface area contributed by atoms with Gasteiger partial charge in [-0.25, -0.2) is 4.21 Å². The fourth-order valence-electron chi connectivity index (χ4n) is 5.46. The summed E-state index contributed by atoms with van der Waals surface area (Å²) in [5.41, 5.74) is 3.38. The molecule has 1 atom stereocenters. The summed E-state index contributed by atoms with van der Waals surface area (Å²) >= 11 is 6.16. The highest BCUT2D eigenvalue weighted by Gasteiger charge is 2.31. The SMILES string of the molecule is O=C(NCCN1CCN(c2cccc(Cl)c2)CC1)c1ccc2c(c1)N(Cc1ccccc1)C(=O)c1ccccc1[S@]2=O. The summed E-state index contributed by atoms with van der Waals surface area (Å²) in [6, 6.07) is 29.7. The van der Waals surface area contributed by atoms with E-state index in [2.05, 4.69) is 21.2 Å². The minimum absolute atomic E-state index is 0.227. The first kappa shape index (κ1) is 28.2. The van der Waals surface area contributed by atoms with Crippen molar-refractivity contribution in [3.63, 3.8) is 0 Å². The van der Waals surface area contributed by atoms with Crippen LogP contribution in [-0.4, -0.2) is 60.2 Å². The second kappa shape index (κ2) is 12.5. The fraction of sp³-hybridized carbons (Fsp3) is 0.212. The van der Waals surface area contributed by atoms with Crippen LogP contribution in [0.25, 0.3) is 0 Å². The fourth-order valence-corrected chi connectivity index (χ4v) is 6.99. The second-order valence-corrected chi connectivity index (χ2v) is 12.2. The average molecular weight is 599 g/mol. The Morgan fingerprint density at radius 2 is 1.60 bits per heavy atom. The Morgan fingerprint density at radius 3 is 2.38 bits per heavy atom. The van der Waals surface area contributed by atoms with Gasteiger partial charge in [0.15, 0.2) is 0 Å². The van der Waals surface area contributed by atoms with Crippen LogP contribution >= 0.6 is 11.6 Å². The minimum atomic E-state index is -1.57. The van der Waals surface area contributed by atoms with Gasteiger partial charge in [0.25, 0.3) is 11.8 Å². The zero-order valence-corrected chi connectivity index (χ0v) is 24.6. The monoisotopic (exact) mass is 598 g/mol. The van der Waals surface area contributed by atoms with Gasteiger partial charge in [-0.05, 0) is 54.1 Å². The molecule has 1 saturated heterocycles. The first-order valence-corrected chi connectivity index (χ1v) is 15.5. The van der Waals surface area contributed by atoms with Crippen molar-refractivity contribution in [1.29, 1.82) is 0 Å². The molecule has 0 saturated carbocycles. The molecule has 0 spiro atoms. The van der Waals surface area contributed by atoms with Gasteiger partial charge in [-0.15, -0.1) is 0 Å². The number of carbonyl (C=O) groups excluding carboxylic acids is 2. The van der Waals surface area contributed by atoms with Crippen molar-refractivity contribution in [2.45, 2.75) is 16.3 Å². The number of anilines is 2. The third-order valence-corrected chi connectivity index (χ3v) is 9.45. The first-order chi connectivity index (χ1) is 20.5. The number of halogens is 1. The highest BCUT2D eigenvalue weighted by Crippen LogP contribution is 2.36. The minimum Gasteiger partial charge on any atom is -0.369 e. The number of carbonyl (C=O) groups is 2. The van der Waals surface area contributed by atoms with Gasteiger partial charge >= 0.3 is 0 Å². The molecule has 9 heteroatoms. The summed E-state index contributed by atoms with van der Waals surface area (Å²) in [5, 5.41) is 3.77. The molecule has 2 aliphatic heterocycles. The third kappa shape index (κ3) is 5.97. The van der Waals surface area contributed by atoms with E-state index in [0.717, 1.165) is 49.0 Å². The van der Waals surface area contributed by atoms with Crippen LogP contribution in [0.15, 0.2) is 107 Å². The molecule has 6 rings (SSSR count). The molecule has 2 aliphatic rings. The molecule has 0 bridgehead atoms. The van der Waals surface area contributed by atoms with Crippen molar-refractivity contribution in [2.75, 3.05) is 49.1 Å². The van der Waals surface area contributed by atoms with E-state index in [1.54, 1.807) is 47.4 Å². The molecular formula is C33H31ClN4O3S. The van der Waals surface area contributed by atoms with Gasteiger partial charge in [-0.1, -0.05) is 60.1 Å². The Kier molecular flexibility index (Phi) is 8.37. The maximum Gasteiger partial charge on any atom is 0.259 e. The first-order valence-electron chi connectivity index (χ1n) is 14.0. The smallest absolute Gasteiger partial charge is 0.259 e. The predicted octanol–water partition coefficient (Wildman–Crippen LogP) is 5.22. The quantitative estimate of drug-likeness (QED) is 0.316. The molecule has 0 aliphatic carbocycles. The van der Waals surface area contributed by atoms with Crippen molar-refractivity contribution in [1.82, 2.24) is 10.2 Å². The van der Waals surface area contributed by atoms with Crippen LogP contribution in [0.5, 0.6) is 0 Å². The van der Waals surface area contributed by atoms with Crippen LogP contribution in [0.3, 0.4) is 0 Å². The Bertz CT molecular complexity index is 1640. The van der Waals surface area contributed by atoms with Gasteiger partial charge in [-0.2, -0.15) is 0 Å². The van der Waals surface area contributed by atoms with Gasteiger partial charge in [0.05, 0.1) is 38.4 Å². The maximum atomic E-state index is 13.8. The lowest BCUT2D eigenvalue weighted by Crippen LogP contribution is -2.48. The van der Waals surface area contributed by atoms with E-state index >= 15 is 0 Å². The van der Waals surface area contributed by atoms with Crippen molar-refractivity contribution in [3.8, 4) is 0 Å². The summed E-state index contributed by atoms with van der Waals surface area (Å²) in [4.78, 5) is 34.3.